The molecule has 0 heterocycles. The predicted molar refractivity (Wildman–Crippen MR) is 108 cm³/mol. The van der Waals surface area contributed by atoms with E-state index >= 15 is 0 Å². The summed E-state index contributed by atoms with van der Waals surface area (Å²) in [6.07, 6.45) is 0. The standard InChI is InChI=1S/C21H19N3O4S/c25-20(17-7-3-1-4-8-17)23-24-21(26)18-13-11-16(12-14-18)15-22-29(27,28)19-9-5-2-6-10-19/h1-14,22H,15H2,(H,23,25)(H,24,26). The van der Waals surface area contributed by atoms with Crippen LogP contribution in [0.5, 0.6) is 0 Å². The number of amides is 2. The van der Waals surface area contributed by atoms with Gasteiger partial charge < -0.3 is 0 Å². The molecule has 0 aliphatic rings. The average molecular weight is 409 g/mol. The molecule has 8 heteroatoms. The van der Waals surface area contributed by atoms with Crippen LogP contribution in [0.1, 0.15) is 26.3 Å². The van der Waals surface area contributed by atoms with Gasteiger partial charge in [-0.3, -0.25) is 20.4 Å². The Kier molecular flexibility index (Phi) is 6.38. The number of rotatable bonds is 6. The molecule has 3 N–H and O–H groups in total. The molecule has 0 radical (unpaired) electrons. The first-order valence-corrected chi connectivity index (χ1v) is 10.2. The fraction of sp³-hybridized carbons (Fsp3) is 0.0476. The molecule has 0 aliphatic carbocycles. The van der Waals surface area contributed by atoms with E-state index < -0.39 is 21.8 Å². The third-order valence-corrected chi connectivity index (χ3v) is 5.48. The van der Waals surface area contributed by atoms with Gasteiger partial charge in [-0.1, -0.05) is 48.5 Å². The largest absolute Gasteiger partial charge is 0.269 e. The Balaban J connectivity index is 1.54. The SMILES string of the molecule is O=C(NNC(=O)c1ccc(CNS(=O)(=O)c2ccccc2)cc1)c1ccccc1. The Bertz CT molecular complexity index is 1080. The maximum absolute atomic E-state index is 12.2. The lowest BCUT2D eigenvalue weighted by molar-refractivity contribution is 0.0846. The highest BCUT2D eigenvalue weighted by molar-refractivity contribution is 7.89. The summed E-state index contributed by atoms with van der Waals surface area (Å²) in [5.41, 5.74) is 6.13. The molecule has 0 saturated carbocycles. The monoisotopic (exact) mass is 409 g/mol. The number of hydrogen-bond acceptors (Lipinski definition) is 4. The van der Waals surface area contributed by atoms with Gasteiger partial charge in [0.05, 0.1) is 4.90 Å². The van der Waals surface area contributed by atoms with Gasteiger partial charge in [0, 0.05) is 17.7 Å². The van der Waals surface area contributed by atoms with Gasteiger partial charge in [-0.25, -0.2) is 13.1 Å². The summed E-state index contributed by atoms with van der Waals surface area (Å²) in [5, 5.41) is 0. The fourth-order valence-electron chi connectivity index (χ4n) is 2.48. The molecule has 0 aliphatic heterocycles. The molecule has 0 aromatic heterocycles. The Morgan fingerprint density at radius 1 is 0.655 bits per heavy atom. The third-order valence-electron chi connectivity index (χ3n) is 4.06. The van der Waals surface area contributed by atoms with Gasteiger partial charge in [0.2, 0.25) is 10.0 Å². The Labute approximate surface area is 168 Å². The maximum Gasteiger partial charge on any atom is 0.269 e. The van der Waals surface area contributed by atoms with Gasteiger partial charge in [-0.15, -0.1) is 0 Å². The number of carbonyl (C=O) groups excluding carboxylic acids is 2. The first-order chi connectivity index (χ1) is 14.0. The van der Waals surface area contributed by atoms with Crippen LogP contribution in [0.4, 0.5) is 0 Å². The van der Waals surface area contributed by atoms with Gasteiger partial charge in [-0.05, 0) is 42.0 Å². The molecule has 3 rings (SSSR count). The summed E-state index contributed by atoms with van der Waals surface area (Å²) in [7, 11) is -3.61. The number of carbonyl (C=O) groups is 2. The van der Waals surface area contributed by atoms with E-state index in [9.17, 15) is 18.0 Å². The van der Waals surface area contributed by atoms with Crippen molar-refractivity contribution in [2.45, 2.75) is 11.4 Å². The van der Waals surface area contributed by atoms with Gasteiger partial charge in [-0.2, -0.15) is 0 Å². The van der Waals surface area contributed by atoms with Crippen LogP contribution in [0.15, 0.2) is 89.8 Å². The molecule has 0 spiro atoms. The van der Waals surface area contributed by atoms with Gasteiger partial charge in [0.25, 0.3) is 11.8 Å². The minimum atomic E-state index is -3.61. The summed E-state index contributed by atoms with van der Waals surface area (Å²) in [4.78, 5) is 24.3. The zero-order valence-electron chi connectivity index (χ0n) is 15.3. The number of sulfonamides is 1. The van der Waals surface area contributed by atoms with E-state index in [4.69, 9.17) is 0 Å². The zero-order valence-corrected chi connectivity index (χ0v) is 16.1. The molecule has 148 valence electrons. The number of hydrazine groups is 1. The van der Waals surface area contributed by atoms with Crippen molar-refractivity contribution in [3.05, 3.63) is 102 Å². The Hall–Kier alpha value is -3.49. The number of hydrogen-bond donors (Lipinski definition) is 3. The second-order valence-corrected chi connectivity index (χ2v) is 7.88. The zero-order chi connectivity index (χ0) is 20.7. The lowest BCUT2D eigenvalue weighted by atomic mass is 10.1. The van der Waals surface area contributed by atoms with Crippen LogP contribution < -0.4 is 15.6 Å². The van der Waals surface area contributed by atoms with E-state index in [0.29, 0.717) is 16.7 Å². The summed E-state index contributed by atoms with van der Waals surface area (Å²) >= 11 is 0. The topological polar surface area (TPSA) is 104 Å². The van der Waals surface area contributed by atoms with Crippen LogP contribution in [0.2, 0.25) is 0 Å². The highest BCUT2D eigenvalue weighted by atomic mass is 32.2. The van der Waals surface area contributed by atoms with Gasteiger partial charge in [0.1, 0.15) is 0 Å². The van der Waals surface area contributed by atoms with Crippen LogP contribution in [0.25, 0.3) is 0 Å². The van der Waals surface area contributed by atoms with Crippen LogP contribution in [-0.4, -0.2) is 20.2 Å². The van der Waals surface area contributed by atoms with Gasteiger partial charge in [0.15, 0.2) is 0 Å². The van der Waals surface area contributed by atoms with Crippen molar-refractivity contribution in [1.29, 1.82) is 0 Å². The van der Waals surface area contributed by atoms with E-state index in [0.717, 1.165) is 0 Å². The van der Waals surface area contributed by atoms with Crippen molar-refractivity contribution in [2.75, 3.05) is 0 Å². The average Bonchev–Trinajstić information content (AvgIpc) is 2.77. The Morgan fingerprint density at radius 3 is 1.69 bits per heavy atom. The maximum atomic E-state index is 12.2. The second kappa shape index (κ2) is 9.13. The van der Waals surface area contributed by atoms with Crippen molar-refractivity contribution in [1.82, 2.24) is 15.6 Å². The molecule has 0 fully saturated rings. The lowest BCUT2D eigenvalue weighted by Crippen LogP contribution is -2.41. The molecule has 0 bridgehead atoms. The highest BCUT2D eigenvalue weighted by Crippen LogP contribution is 2.09. The van der Waals surface area contributed by atoms with Gasteiger partial charge >= 0.3 is 0 Å². The second-order valence-electron chi connectivity index (χ2n) is 6.11. The van der Waals surface area contributed by atoms with E-state index in [-0.39, 0.29) is 11.4 Å². The van der Waals surface area contributed by atoms with E-state index in [1.165, 1.54) is 12.1 Å². The van der Waals surface area contributed by atoms with E-state index in [1.54, 1.807) is 72.8 Å². The van der Waals surface area contributed by atoms with Crippen molar-refractivity contribution >= 4 is 21.8 Å². The number of benzene rings is 3. The smallest absolute Gasteiger partial charge is 0.267 e. The first kappa shape index (κ1) is 20.2. The molecule has 2 amide bonds. The number of nitrogens with one attached hydrogen (secondary N) is 3. The summed E-state index contributed by atoms with van der Waals surface area (Å²) in [6, 6.07) is 23.0. The Morgan fingerprint density at radius 2 is 1.14 bits per heavy atom. The summed E-state index contributed by atoms with van der Waals surface area (Å²) < 4.78 is 27.0. The minimum absolute atomic E-state index is 0.0872. The summed E-state index contributed by atoms with van der Waals surface area (Å²) in [6.45, 7) is 0.0872. The molecule has 0 unspecified atom stereocenters. The first-order valence-electron chi connectivity index (χ1n) is 8.75. The molecular weight excluding hydrogens is 390 g/mol. The molecule has 29 heavy (non-hydrogen) atoms. The lowest BCUT2D eigenvalue weighted by Gasteiger charge is -2.09. The van der Waals surface area contributed by atoms with Crippen LogP contribution in [0, 0.1) is 0 Å². The molecule has 7 nitrogen and oxygen atoms in total. The van der Waals surface area contributed by atoms with E-state index in [2.05, 4.69) is 15.6 Å². The summed E-state index contributed by atoms with van der Waals surface area (Å²) in [5.74, 6) is -0.906. The van der Waals surface area contributed by atoms with Crippen molar-refractivity contribution in [3.8, 4) is 0 Å². The van der Waals surface area contributed by atoms with Crippen molar-refractivity contribution in [3.63, 3.8) is 0 Å². The fourth-order valence-corrected chi connectivity index (χ4v) is 3.52. The quantitative estimate of drug-likeness (QED) is 0.543. The predicted octanol–water partition coefficient (Wildman–Crippen LogP) is 2.24. The highest BCUT2D eigenvalue weighted by Gasteiger charge is 2.13. The molecule has 3 aromatic rings. The molecular formula is C21H19N3O4S. The van der Waals surface area contributed by atoms with E-state index in [1.807, 2.05) is 0 Å². The van der Waals surface area contributed by atoms with Crippen LogP contribution in [-0.2, 0) is 16.6 Å². The van der Waals surface area contributed by atoms with Crippen LogP contribution >= 0.6 is 0 Å². The normalized spacial score (nSPS) is 10.9. The molecule has 0 atom stereocenters. The van der Waals surface area contributed by atoms with Crippen molar-refractivity contribution < 1.29 is 18.0 Å². The molecule has 3 aromatic carbocycles. The van der Waals surface area contributed by atoms with Crippen molar-refractivity contribution in [2.24, 2.45) is 0 Å². The third kappa shape index (κ3) is 5.50. The van der Waals surface area contributed by atoms with Crippen LogP contribution in [0.3, 0.4) is 0 Å². The minimum Gasteiger partial charge on any atom is -0.267 e. The molecule has 0 saturated heterocycles.